The summed E-state index contributed by atoms with van der Waals surface area (Å²) >= 11 is 0. The fourth-order valence-electron chi connectivity index (χ4n) is 5.03. The predicted molar refractivity (Wildman–Crippen MR) is 133 cm³/mol. The summed E-state index contributed by atoms with van der Waals surface area (Å²) in [6, 6.07) is 7.69. The second-order valence-corrected chi connectivity index (χ2v) is 10.7. The van der Waals surface area contributed by atoms with Gasteiger partial charge in [0.15, 0.2) is 6.10 Å². The molecule has 0 spiro atoms. The third-order valence-electron chi connectivity index (χ3n) is 6.80. The number of amides is 2. The lowest BCUT2D eigenvalue weighted by molar-refractivity contribution is -0.126. The lowest BCUT2D eigenvalue weighted by atomic mass is 9.79. The third-order valence-corrected chi connectivity index (χ3v) is 6.80. The van der Waals surface area contributed by atoms with Crippen molar-refractivity contribution < 1.29 is 19.1 Å². The number of alkyl carbamates (subject to hydrolysis) is 1. The first-order valence-corrected chi connectivity index (χ1v) is 12.8. The summed E-state index contributed by atoms with van der Waals surface area (Å²) < 4.78 is 11.3. The van der Waals surface area contributed by atoms with E-state index in [1.807, 2.05) is 24.3 Å². The van der Waals surface area contributed by atoms with Crippen LogP contribution in [-0.4, -0.2) is 36.1 Å². The molecule has 2 atom stereocenters. The SMILES string of the molecule is CCCCC1CCC(C(=O)NCCC2c3ccccc3OC2C(=N)NC(=O)OC(C)(C)C)CC1. The summed E-state index contributed by atoms with van der Waals surface area (Å²) in [5.74, 6) is 1.56. The van der Waals surface area contributed by atoms with E-state index in [0.29, 0.717) is 18.7 Å². The van der Waals surface area contributed by atoms with Gasteiger partial charge in [-0.05, 0) is 64.9 Å². The molecule has 1 saturated carbocycles. The summed E-state index contributed by atoms with van der Waals surface area (Å²) in [5, 5.41) is 14.1. The number of nitrogens with one attached hydrogen (secondary N) is 3. The Kier molecular flexibility index (Phi) is 8.97. The van der Waals surface area contributed by atoms with Crippen LogP contribution in [0.25, 0.3) is 0 Å². The van der Waals surface area contributed by atoms with Crippen molar-refractivity contribution in [3.63, 3.8) is 0 Å². The van der Waals surface area contributed by atoms with Crippen molar-refractivity contribution >= 4 is 17.8 Å². The first kappa shape index (κ1) is 26.0. The lowest BCUT2D eigenvalue weighted by Crippen LogP contribution is -2.44. The molecule has 1 aliphatic carbocycles. The van der Waals surface area contributed by atoms with E-state index in [1.165, 1.54) is 19.3 Å². The minimum absolute atomic E-state index is 0.0350. The van der Waals surface area contributed by atoms with E-state index in [1.54, 1.807) is 20.8 Å². The Morgan fingerprint density at radius 3 is 2.50 bits per heavy atom. The van der Waals surface area contributed by atoms with E-state index >= 15 is 0 Å². The van der Waals surface area contributed by atoms with E-state index in [9.17, 15) is 9.59 Å². The fourth-order valence-corrected chi connectivity index (χ4v) is 5.03. The molecule has 1 aliphatic heterocycles. The number of carbonyl (C=O) groups excluding carboxylic acids is 2. The molecule has 0 radical (unpaired) electrons. The number of benzene rings is 1. The number of rotatable bonds is 8. The van der Waals surface area contributed by atoms with Crippen molar-refractivity contribution in [2.45, 2.75) is 96.7 Å². The van der Waals surface area contributed by atoms with Crippen LogP contribution in [0, 0.1) is 17.2 Å². The Morgan fingerprint density at radius 1 is 1.12 bits per heavy atom. The monoisotopic (exact) mass is 471 g/mol. The number of hydrogen-bond acceptors (Lipinski definition) is 5. The molecule has 1 aromatic carbocycles. The molecule has 3 N–H and O–H groups in total. The molecule has 0 saturated heterocycles. The van der Waals surface area contributed by atoms with E-state index in [0.717, 1.165) is 37.2 Å². The van der Waals surface area contributed by atoms with Gasteiger partial charge in [-0.3, -0.25) is 15.5 Å². The molecule has 1 fully saturated rings. The summed E-state index contributed by atoms with van der Waals surface area (Å²) in [6.07, 6.45) is 7.38. The number of ether oxygens (including phenoxy) is 2. The van der Waals surface area contributed by atoms with Crippen LogP contribution in [0.5, 0.6) is 5.75 Å². The van der Waals surface area contributed by atoms with Crippen LogP contribution in [-0.2, 0) is 9.53 Å². The molecule has 1 aromatic rings. The Labute approximate surface area is 203 Å². The molecule has 7 heteroatoms. The van der Waals surface area contributed by atoms with E-state index < -0.39 is 17.8 Å². The van der Waals surface area contributed by atoms with E-state index in [2.05, 4.69) is 17.6 Å². The second-order valence-electron chi connectivity index (χ2n) is 10.7. The van der Waals surface area contributed by atoms with Crippen molar-refractivity contribution in [1.82, 2.24) is 10.6 Å². The number of unbranched alkanes of at least 4 members (excludes halogenated alkanes) is 1. The van der Waals surface area contributed by atoms with Gasteiger partial charge in [-0.25, -0.2) is 4.79 Å². The van der Waals surface area contributed by atoms with Gasteiger partial charge in [0.25, 0.3) is 0 Å². The molecule has 34 heavy (non-hydrogen) atoms. The first-order chi connectivity index (χ1) is 16.2. The summed E-state index contributed by atoms with van der Waals surface area (Å²) in [5.41, 5.74) is 0.344. The number of fused-ring (bicyclic) bond motifs is 1. The fraction of sp³-hybridized carbons (Fsp3) is 0.667. The van der Waals surface area contributed by atoms with Gasteiger partial charge in [0, 0.05) is 23.9 Å². The van der Waals surface area contributed by atoms with Gasteiger partial charge in [-0.15, -0.1) is 0 Å². The molecular formula is C27H41N3O4. The van der Waals surface area contributed by atoms with Gasteiger partial charge in [-0.2, -0.15) is 0 Å². The molecule has 0 bridgehead atoms. The molecule has 2 unspecified atom stereocenters. The van der Waals surface area contributed by atoms with Gasteiger partial charge >= 0.3 is 6.09 Å². The quantitative estimate of drug-likeness (QED) is 0.342. The molecule has 3 rings (SSSR count). The minimum Gasteiger partial charge on any atom is -0.482 e. The van der Waals surface area contributed by atoms with Crippen LogP contribution in [0.15, 0.2) is 24.3 Å². The van der Waals surface area contributed by atoms with E-state index in [-0.39, 0.29) is 23.6 Å². The topological polar surface area (TPSA) is 101 Å². The molecule has 2 aliphatic rings. The normalized spacial score (nSPS) is 24.0. The highest BCUT2D eigenvalue weighted by molar-refractivity contribution is 5.97. The maximum absolute atomic E-state index is 12.8. The Bertz CT molecular complexity index is 856. The maximum atomic E-state index is 12.8. The number of amidine groups is 1. The number of para-hydroxylation sites is 1. The Hall–Kier alpha value is -2.57. The van der Waals surface area contributed by atoms with Gasteiger partial charge < -0.3 is 14.8 Å². The maximum Gasteiger partial charge on any atom is 0.413 e. The zero-order chi connectivity index (χ0) is 24.7. The number of hydrogen-bond donors (Lipinski definition) is 3. The first-order valence-electron chi connectivity index (χ1n) is 12.8. The summed E-state index contributed by atoms with van der Waals surface area (Å²) in [6.45, 7) is 8.07. The minimum atomic E-state index is -0.668. The van der Waals surface area contributed by atoms with E-state index in [4.69, 9.17) is 14.9 Å². The molecule has 7 nitrogen and oxygen atoms in total. The van der Waals surface area contributed by atoms with Crippen molar-refractivity contribution in [2.75, 3.05) is 6.54 Å². The average molecular weight is 472 g/mol. The Morgan fingerprint density at radius 2 is 1.82 bits per heavy atom. The van der Waals surface area contributed by atoms with Gasteiger partial charge in [0.05, 0.1) is 0 Å². The van der Waals surface area contributed by atoms with Crippen LogP contribution < -0.4 is 15.4 Å². The lowest BCUT2D eigenvalue weighted by Gasteiger charge is -2.28. The summed E-state index contributed by atoms with van der Waals surface area (Å²) in [4.78, 5) is 25.0. The van der Waals surface area contributed by atoms with Gasteiger partial charge in [0.1, 0.15) is 17.2 Å². The van der Waals surface area contributed by atoms with Crippen LogP contribution in [0.1, 0.15) is 90.5 Å². The summed E-state index contributed by atoms with van der Waals surface area (Å²) in [7, 11) is 0. The zero-order valence-corrected chi connectivity index (χ0v) is 21.1. The van der Waals surface area contributed by atoms with Crippen molar-refractivity contribution in [3.8, 4) is 5.75 Å². The van der Waals surface area contributed by atoms with Crippen LogP contribution in [0.3, 0.4) is 0 Å². The highest BCUT2D eigenvalue weighted by atomic mass is 16.6. The molecule has 188 valence electrons. The van der Waals surface area contributed by atoms with Gasteiger partial charge in [0.2, 0.25) is 5.91 Å². The third kappa shape index (κ3) is 7.21. The van der Waals surface area contributed by atoms with Crippen LogP contribution >= 0.6 is 0 Å². The smallest absolute Gasteiger partial charge is 0.413 e. The molecule has 2 amide bonds. The van der Waals surface area contributed by atoms with Crippen LogP contribution in [0.2, 0.25) is 0 Å². The van der Waals surface area contributed by atoms with Gasteiger partial charge in [-0.1, -0.05) is 44.4 Å². The molecular weight excluding hydrogens is 430 g/mol. The predicted octanol–water partition coefficient (Wildman–Crippen LogP) is 5.54. The standard InChI is InChI=1S/C27H41N3O4/c1-5-6-9-18-12-14-19(15-13-18)25(31)29-17-16-21-20-10-7-8-11-22(20)33-23(21)24(28)30-26(32)34-27(2,3)4/h7-8,10-11,18-19,21,23H,5-6,9,12-17H2,1-4H3,(H,29,31)(H2,28,30,32). The van der Waals surface area contributed by atoms with Crippen molar-refractivity contribution in [2.24, 2.45) is 11.8 Å². The van der Waals surface area contributed by atoms with Crippen LogP contribution in [0.4, 0.5) is 4.79 Å². The molecule has 1 heterocycles. The highest BCUT2D eigenvalue weighted by Gasteiger charge is 2.38. The largest absolute Gasteiger partial charge is 0.482 e. The zero-order valence-electron chi connectivity index (χ0n) is 21.1. The molecule has 0 aromatic heterocycles. The number of carbonyl (C=O) groups is 2. The highest BCUT2D eigenvalue weighted by Crippen LogP contribution is 2.40. The Balaban J connectivity index is 1.53. The van der Waals surface area contributed by atoms with Crippen molar-refractivity contribution in [3.05, 3.63) is 29.8 Å². The van der Waals surface area contributed by atoms with Crippen molar-refractivity contribution in [1.29, 1.82) is 5.41 Å². The second kappa shape index (κ2) is 11.7. The average Bonchev–Trinajstić information content (AvgIpc) is 3.15.